The zero-order valence-corrected chi connectivity index (χ0v) is 13.6. The van der Waals surface area contributed by atoms with E-state index in [0.29, 0.717) is 18.3 Å². The Morgan fingerprint density at radius 3 is 2.70 bits per heavy atom. The molecule has 7 heteroatoms. The molecule has 7 nitrogen and oxygen atoms in total. The van der Waals surface area contributed by atoms with Gasteiger partial charge in [0.1, 0.15) is 5.69 Å². The van der Waals surface area contributed by atoms with Crippen molar-refractivity contribution in [3.63, 3.8) is 0 Å². The molecule has 3 rings (SSSR count). The van der Waals surface area contributed by atoms with Crippen LogP contribution in [0.3, 0.4) is 0 Å². The lowest BCUT2D eigenvalue weighted by atomic mass is 9.90. The summed E-state index contributed by atoms with van der Waals surface area (Å²) in [5.41, 5.74) is 0.591. The number of nitrogens with zero attached hydrogens (tertiary/aromatic N) is 3. The van der Waals surface area contributed by atoms with E-state index in [-0.39, 0.29) is 24.6 Å². The normalized spacial score (nSPS) is 25.6. The van der Waals surface area contributed by atoms with Crippen molar-refractivity contribution in [2.45, 2.75) is 76.1 Å². The first-order valence-electron chi connectivity index (χ1n) is 8.80. The second-order valence-electron chi connectivity index (χ2n) is 6.74. The molecule has 2 atom stereocenters. The molecule has 1 aromatic heterocycles. The van der Waals surface area contributed by atoms with Crippen LogP contribution in [0.4, 0.5) is 0 Å². The SMILES string of the molecule is O=C(CN[C@H]1CCCC[C@H]1n1cc(CO)nn1)NC1CCCC1. The summed E-state index contributed by atoms with van der Waals surface area (Å²) < 4.78 is 1.84. The third-order valence-corrected chi connectivity index (χ3v) is 5.03. The lowest BCUT2D eigenvalue weighted by molar-refractivity contribution is -0.121. The maximum Gasteiger partial charge on any atom is 0.234 e. The number of nitrogens with one attached hydrogen (secondary N) is 2. The summed E-state index contributed by atoms with van der Waals surface area (Å²) in [6.45, 7) is 0.272. The number of carbonyl (C=O) groups excluding carboxylic acids is 1. The van der Waals surface area contributed by atoms with E-state index in [1.165, 1.54) is 19.3 Å². The number of aliphatic hydroxyl groups is 1. The molecule has 0 unspecified atom stereocenters. The molecule has 128 valence electrons. The summed E-state index contributed by atoms with van der Waals surface area (Å²) >= 11 is 0. The van der Waals surface area contributed by atoms with Gasteiger partial charge < -0.3 is 15.7 Å². The first kappa shape index (κ1) is 16.4. The minimum atomic E-state index is -0.0887. The highest BCUT2D eigenvalue weighted by atomic mass is 16.3. The van der Waals surface area contributed by atoms with Crippen LogP contribution < -0.4 is 10.6 Å². The molecular formula is C16H27N5O2. The minimum absolute atomic E-state index is 0.0887. The molecule has 0 aliphatic heterocycles. The molecule has 2 aliphatic carbocycles. The summed E-state index contributed by atoms with van der Waals surface area (Å²) in [6, 6.07) is 0.802. The Bertz CT molecular complexity index is 512. The van der Waals surface area contributed by atoms with Gasteiger partial charge in [0.15, 0.2) is 0 Å². The van der Waals surface area contributed by atoms with Gasteiger partial charge in [-0.25, -0.2) is 4.68 Å². The Balaban J connectivity index is 1.52. The van der Waals surface area contributed by atoms with Crippen molar-refractivity contribution in [1.29, 1.82) is 0 Å². The molecule has 23 heavy (non-hydrogen) atoms. The number of amides is 1. The highest BCUT2D eigenvalue weighted by Crippen LogP contribution is 2.28. The monoisotopic (exact) mass is 321 g/mol. The van der Waals surface area contributed by atoms with E-state index in [1.54, 1.807) is 0 Å². The standard InChI is InChI=1S/C16H27N5O2/c22-11-13-10-21(20-19-13)15-8-4-3-7-14(15)17-9-16(23)18-12-5-1-2-6-12/h10,12,14-15,17,22H,1-9,11H2,(H,18,23)/t14-,15+/m0/s1. The maximum atomic E-state index is 12.1. The molecule has 0 aromatic carbocycles. The van der Waals surface area contributed by atoms with Gasteiger partial charge in [-0.15, -0.1) is 5.10 Å². The number of carbonyl (C=O) groups is 1. The van der Waals surface area contributed by atoms with Crippen LogP contribution in [0.5, 0.6) is 0 Å². The van der Waals surface area contributed by atoms with Crippen LogP contribution in [0, 0.1) is 0 Å². The average molecular weight is 321 g/mol. The van der Waals surface area contributed by atoms with E-state index < -0.39 is 0 Å². The fraction of sp³-hybridized carbons (Fsp3) is 0.812. The Morgan fingerprint density at radius 2 is 1.96 bits per heavy atom. The fourth-order valence-corrected chi connectivity index (χ4v) is 3.79. The quantitative estimate of drug-likeness (QED) is 0.724. The molecule has 0 bridgehead atoms. The van der Waals surface area contributed by atoms with Crippen molar-refractivity contribution < 1.29 is 9.90 Å². The summed E-state index contributed by atoms with van der Waals surface area (Å²) in [7, 11) is 0. The molecule has 3 N–H and O–H groups in total. The van der Waals surface area contributed by atoms with Gasteiger partial charge in [0.2, 0.25) is 5.91 Å². The zero-order chi connectivity index (χ0) is 16.1. The van der Waals surface area contributed by atoms with Crippen LogP contribution in [0.2, 0.25) is 0 Å². The van der Waals surface area contributed by atoms with Crippen molar-refractivity contribution >= 4 is 5.91 Å². The van der Waals surface area contributed by atoms with Crippen LogP contribution in [-0.2, 0) is 11.4 Å². The predicted octanol–water partition coefficient (Wildman–Crippen LogP) is 0.902. The van der Waals surface area contributed by atoms with Crippen LogP contribution in [-0.4, -0.2) is 44.6 Å². The van der Waals surface area contributed by atoms with Crippen LogP contribution in [0.1, 0.15) is 63.1 Å². The summed E-state index contributed by atoms with van der Waals surface area (Å²) in [5.74, 6) is 0.0934. The first-order chi connectivity index (χ1) is 11.3. The fourth-order valence-electron chi connectivity index (χ4n) is 3.79. The average Bonchev–Trinajstić information content (AvgIpc) is 3.24. The maximum absolute atomic E-state index is 12.1. The molecule has 1 aromatic rings. The molecule has 2 fully saturated rings. The minimum Gasteiger partial charge on any atom is -0.390 e. The van der Waals surface area contributed by atoms with Gasteiger partial charge in [-0.2, -0.15) is 0 Å². The van der Waals surface area contributed by atoms with Crippen molar-refractivity contribution in [2.24, 2.45) is 0 Å². The Kier molecular flexibility index (Phi) is 5.61. The first-order valence-corrected chi connectivity index (χ1v) is 8.80. The van der Waals surface area contributed by atoms with E-state index in [2.05, 4.69) is 20.9 Å². The molecule has 0 saturated heterocycles. The molecule has 0 spiro atoms. The molecule has 0 radical (unpaired) electrons. The molecule has 1 heterocycles. The van der Waals surface area contributed by atoms with Gasteiger partial charge in [-0.05, 0) is 25.7 Å². The predicted molar refractivity (Wildman–Crippen MR) is 85.6 cm³/mol. The molecule has 2 aliphatic rings. The topological polar surface area (TPSA) is 92.1 Å². The van der Waals surface area contributed by atoms with E-state index in [0.717, 1.165) is 32.1 Å². The van der Waals surface area contributed by atoms with Crippen molar-refractivity contribution in [3.05, 3.63) is 11.9 Å². The largest absolute Gasteiger partial charge is 0.390 e. The van der Waals surface area contributed by atoms with Crippen LogP contribution in [0.15, 0.2) is 6.20 Å². The van der Waals surface area contributed by atoms with Gasteiger partial charge in [0, 0.05) is 12.1 Å². The second-order valence-corrected chi connectivity index (χ2v) is 6.74. The van der Waals surface area contributed by atoms with Gasteiger partial charge in [0.05, 0.1) is 25.4 Å². The highest BCUT2D eigenvalue weighted by Gasteiger charge is 2.28. The Hall–Kier alpha value is -1.47. The number of hydrogen-bond donors (Lipinski definition) is 3. The van der Waals surface area contributed by atoms with Crippen LogP contribution >= 0.6 is 0 Å². The number of aromatic nitrogens is 3. The van der Waals surface area contributed by atoms with Crippen molar-refractivity contribution in [3.8, 4) is 0 Å². The molecule has 1 amide bonds. The van der Waals surface area contributed by atoms with Gasteiger partial charge in [0.25, 0.3) is 0 Å². The zero-order valence-electron chi connectivity index (χ0n) is 13.6. The summed E-state index contributed by atoms with van der Waals surface area (Å²) in [5, 5.41) is 23.8. The third kappa shape index (κ3) is 4.29. The second kappa shape index (κ2) is 7.88. The van der Waals surface area contributed by atoms with Crippen molar-refractivity contribution in [1.82, 2.24) is 25.6 Å². The van der Waals surface area contributed by atoms with E-state index in [4.69, 9.17) is 5.11 Å². The Morgan fingerprint density at radius 1 is 1.22 bits per heavy atom. The Labute approximate surface area is 136 Å². The van der Waals surface area contributed by atoms with E-state index in [9.17, 15) is 4.79 Å². The number of hydrogen-bond acceptors (Lipinski definition) is 5. The van der Waals surface area contributed by atoms with E-state index in [1.807, 2.05) is 10.9 Å². The van der Waals surface area contributed by atoms with Gasteiger partial charge in [-0.1, -0.05) is 30.9 Å². The number of aliphatic hydroxyl groups excluding tert-OH is 1. The lowest BCUT2D eigenvalue weighted by Gasteiger charge is -2.32. The molecule has 2 saturated carbocycles. The molecular weight excluding hydrogens is 294 g/mol. The third-order valence-electron chi connectivity index (χ3n) is 5.03. The van der Waals surface area contributed by atoms with Crippen molar-refractivity contribution in [2.75, 3.05) is 6.54 Å². The summed E-state index contributed by atoms with van der Waals surface area (Å²) in [6.07, 6.45) is 10.9. The van der Waals surface area contributed by atoms with Crippen LogP contribution in [0.25, 0.3) is 0 Å². The van der Waals surface area contributed by atoms with E-state index >= 15 is 0 Å². The number of rotatable bonds is 6. The smallest absolute Gasteiger partial charge is 0.234 e. The highest BCUT2D eigenvalue weighted by molar-refractivity contribution is 5.78. The van der Waals surface area contributed by atoms with Gasteiger partial charge in [-0.3, -0.25) is 4.79 Å². The lowest BCUT2D eigenvalue weighted by Crippen LogP contribution is -2.46. The summed E-state index contributed by atoms with van der Waals surface area (Å²) in [4.78, 5) is 12.1. The van der Waals surface area contributed by atoms with Gasteiger partial charge >= 0.3 is 0 Å².